The van der Waals surface area contributed by atoms with E-state index in [1.54, 1.807) is 19.1 Å². The Kier molecular flexibility index (Phi) is 3.74. The fourth-order valence-corrected chi connectivity index (χ4v) is 2.32. The highest BCUT2D eigenvalue weighted by Crippen LogP contribution is 2.39. The standard InChI is InChI=1S/C15H14N2O5/c1-15(20-8-9-21-15)11-4-2-3-5-13(11)22-14-6-7-16-10-12(14)17(18)19/h2-7,10H,8-9H2,1H3. The van der Waals surface area contributed by atoms with Gasteiger partial charge in [0.05, 0.1) is 23.7 Å². The molecule has 1 saturated heterocycles. The number of pyridine rings is 1. The molecule has 1 aromatic heterocycles. The Hall–Kier alpha value is -2.51. The van der Waals surface area contributed by atoms with Crippen molar-refractivity contribution >= 4 is 5.69 Å². The zero-order valence-corrected chi connectivity index (χ0v) is 11.9. The first kappa shape index (κ1) is 14.4. The lowest BCUT2D eigenvalue weighted by atomic mass is 10.1. The molecular formula is C15H14N2O5. The molecule has 1 aliphatic heterocycles. The lowest BCUT2D eigenvalue weighted by molar-refractivity contribution is -0.386. The molecule has 0 spiro atoms. The van der Waals surface area contributed by atoms with Crippen molar-refractivity contribution in [3.63, 3.8) is 0 Å². The lowest BCUT2D eigenvalue weighted by Crippen LogP contribution is -2.23. The number of hydrogen-bond acceptors (Lipinski definition) is 6. The number of para-hydroxylation sites is 1. The summed E-state index contributed by atoms with van der Waals surface area (Å²) in [7, 11) is 0. The minimum Gasteiger partial charge on any atom is -0.449 e. The van der Waals surface area contributed by atoms with Crippen LogP contribution < -0.4 is 4.74 Å². The molecule has 0 saturated carbocycles. The van der Waals surface area contributed by atoms with Gasteiger partial charge in [0, 0.05) is 12.3 Å². The van der Waals surface area contributed by atoms with Crippen LogP contribution in [0.2, 0.25) is 0 Å². The van der Waals surface area contributed by atoms with Gasteiger partial charge in [0.1, 0.15) is 11.9 Å². The third-order valence-electron chi connectivity index (χ3n) is 3.39. The minimum atomic E-state index is -0.918. The van der Waals surface area contributed by atoms with E-state index in [2.05, 4.69) is 4.98 Å². The van der Waals surface area contributed by atoms with Crippen molar-refractivity contribution in [1.82, 2.24) is 4.98 Å². The zero-order chi connectivity index (χ0) is 15.6. The van der Waals surface area contributed by atoms with Crippen molar-refractivity contribution in [3.05, 3.63) is 58.4 Å². The molecule has 114 valence electrons. The topological polar surface area (TPSA) is 83.7 Å². The maximum atomic E-state index is 11.1. The Bertz CT molecular complexity index is 698. The van der Waals surface area contributed by atoms with Gasteiger partial charge in [-0.05, 0) is 19.1 Å². The second-order valence-electron chi connectivity index (χ2n) is 4.84. The smallest absolute Gasteiger partial charge is 0.329 e. The molecular weight excluding hydrogens is 288 g/mol. The molecule has 0 atom stereocenters. The molecule has 1 aromatic carbocycles. The van der Waals surface area contributed by atoms with Crippen molar-refractivity contribution in [3.8, 4) is 11.5 Å². The molecule has 1 fully saturated rings. The van der Waals surface area contributed by atoms with Crippen LogP contribution in [0, 0.1) is 10.1 Å². The lowest BCUT2D eigenvalue weighted by Gasteiger charge is -2.25. The predicted molar refractivity (Wildman–Crippen MR) is 76.7 cm³/mol. The summed E-state index contributed by atoms with van der Waals surface area (Å²) in [5.74, 6) is -0.353. The summed E-state index contributed by atoms with van der Waals surface area (Å²) in [5.41, 5.74) is 0.481. The van der Waals surface area contributed by atoms with E-state index in [1.807, 2.05) is 12.1 Å². The molecule has 2 heterocycles. The van der Waals surface area contributed by atoms with Gasteiger partial charge in [-0.15, -0.1) is 0 Å². The molecule has 0 amide bonds. The van der Waals surface area contributed by atoms with E-state index in [4.69, 9.17) is 14.2 Å². The number of aromatic nitrogens is 1. The predicted octanol–water partition coefficient (Wildman–Crippen LogP) is 3.00. The van der Waals surface area contributed by atoms with Crippen LogP contribution in [0.25, 0.3) is 0 Å². The molecule has 7 heteroatoms. The van der Waals surface area contributed by atoms with Crippen molar-refractivity contribution in [2.24, 2.45) is 0 Å². The highest BCUT2D eigenvalue weighted by Gasteiger charge is 2.36. The average molecular weight is 302 g/mol. The van der Waals surface area contributed by atoms with Crippen LogP contribution in [0.3, 0.4) is 0 Å². The summed E-state index contributed by atoms with van der Waals surface area (Å²) in [6.45, 7) is 2.77. The summed E-state index contributed by atoms with van der Waals surface area (Å²) in [4.78, 5) is 14.3. The Morgan fingerprint density at radius 3 is 2.68 bits per heavy atom. The molecule has 0 bridgehead atoms. The van der Waals surface area contributed by atoms with Crippen molar-refractivity contribution < 1.29 is 19.1 Å². The van der Waals surface area contributed by atoms with Crippen molar-refractivity contribution in [1.29, 1.82) is 0 Å². The van der Waals surface area contributed by atoms with Gasteiger partial charge in [-0.3, -0.25) is 15.1 Å². The van der Waals surface area contributed by atoms with E-state index >= 15 is 0 Å². The Morgan fingerprint density at radius 2 is 1.95 bits per heavy atom. The van der Waals surface area contributed by atoms with Crippen LogP contribution in [0.4, 0.5) is 5.69 Å². The molecule has 1 aliphatic rings. The Labute approximate surface area is 126 Å². The second kappa shape index (κ2) is 5.70. The number of nitrogens with zero attached hydrogens (tertiary/aromatic N) is 2. The number of benzene rings is 1. The van der Waals surface area contributed by atoms with E-state index in [0.717, 1.165) is 6.20 Å². The minimum absolute atomic E-state index is 0.119. The number of nitro groups is 1. The van der Waals surface area contributed by atoms with E-state index in [-0.39, 0.29) is 11.4 Å². The fourth-order valence-electron chi connectivity index (χ4n) is 2.32. The first-order valence-electron chi connectivity index (χ1n) is 6.74. The van der Waals surface area contributed by atoms with Gasteiger partial charge >= 0.3 is 5.69 Å². The zero-order valence-electron chi connectivity index (χ0n) is 11.9. The Balaban J connectivity index is 1.99. The molecule has 22 heavy (non-hydrogen) atoms. The first-order valence-corrected chi connectivity index (χ1v) is 6.74. The highest BCUT2D eigenvalue weighted by atomic mass is 16.7. The third-order valence-corrected chi connectivity index (χ3v) is 3.39. The van der Waals surface area contributed by atoms with Crippen molar-refractivity contribution in [2.45, 2.75) is 12.7 Å². The largest absolute Gasteiger partial charge is 0.449 e. The Morgan fingerprint density at radius 1 is 1.23 bits per heavy atom. The monoisotopic (exact) mass is 302 g/mol. The van der Waals surface area contributed by atoms with Gasteiger partial charge in [-0.2, -0.15) is 0 Å². The maximum Gasteiger partial charge on any atom is 0.329 e. The van der Waals surface area contributed by atoms with Crippen molar-refractivity contribution in [2.75, 3.05) is 13.2 Å². The van der Waals surface area contributed by atoms with Gasteiger partial charge in [-0.25, -0.2) is 0 Å². The highest BCUT2D eigenvalue weighted by molar-refractivity contribution is 5.48. The molecule has 2 aromatic rings. The molecule has 0 aliphatic carbocycles. The summed E-state index contributed by atoms with van der Waals surface area (Å²) >= 11 is 0. The molecule has 0 N–H and O–H groups in total. The van der Waals surface area contributed by atoms with Gasteiger partial charge in [0.25, 0.3) is 0 Å². The molecule has 0 radical (unpaired) electrons. The number of ether oxygens (including phenoxy) is 3. The maximum absolute atomic E-state index is 11.1. The van der Waals surface area contributed by atoms with Crippen LogP contribution in [-0.2, 0) is 15.3 Å². The quantitative estimate of drug-likeness (QED) is 0.637. The van der Waals surface area contributed by atoms with Crippen LogP contribution in [0.5, 0.6) is 11.5 Å². The van der Waals surface area contributed by atoms with Crippen LogP contribution in [0.1, 0.15) is 12.5 Å². The SMILES string of the molecule is CC1(c2ccccc2Oc2ccncc2[N+](=O)[O-])OCCO1. The van der Waals surface area contributed by atoms with Crippen LogP contribution in [0.15, 0.2) is 42.7 Å². The van der Waals surface area contributed by atoms with Gasteiger partial charge < -0.3 is 14.2 Å². The van der Waals surface area contributed by atoms with E-state index in [0.29, 0.717) is 24.5 Å². The average Bonchev–Trinajstić information content (AvgIpc) is 2.96. The first-order chi connectivity index (χ1) is 10.6. The van der Waals surface area contributed by atoms with E-state index < -0.39 is 10.7 Å². The van der Waals surface area contributed by atoms with Crippen LogP contribution in [-0.4, -0.2) is 23.1 Å². The number of hydrogen-bond donors (Lipinski definition) is 0. The summed E-state index contributed by atoms with van der Waals surface area (Å²) in [6, 6.07) is 8.60. The summed E-state index contributed by atoms with van der Waals surface area (Å²) in [6.07, 6.45) is 2.59. The molecule has 7 nitrogen and oxygen atoms in total. The molecule has 3 rings (SSSR count). The normalized spacial score (nSPS) is 16.4. The number of rotatable bonds is 4. The van der Waals surface area contributed by atoms with E-state index in [9.17, 15) is 10.1 Å². The van der Waals surface area contributed by atoms with E-state index in [1.165, 1.54) is 12.3 Å². The molecule has 0 unspecified atom stereocenters. The van der Waals surface area contributed by atoms with Gasteiger partial charge in [-0.1, -0.05) is 12.1 Å². The second-order valence-corrected chi connectivity index (χ2v) is 4.84. The summed E-state index contributed by atoms with van der Waals surface area (Å²) < 4.78 is 17.0. The van der Waals surface area contributed by atoms with Crippen LogP contribution >= 0.6 is 0 Å². The third kappa shape index (κ3) is 2.63. The summed E-state index contributed by atoms with van der Waals surface area (Å²) in [5, 5.41) is 11.1. The van der Waals surface area contributed by atoms with Gasteiger partial charge in [0.2, 0.25) is 5.75 Å². The van der Waals surface area contributed by atoms with Gasteiger partial charge in [0.15, 0.2) is 5.79 Å². The fraction of sp³-hybridized carbons (Fsp3) is 0.267.